The fourth-order valence-corrected chi connectivity index (χ4v) is 3.44. The van der Waals surface area contributed by atoms with Crippen molar-refractivity contribution in [2.24, 2.45) is 0 Å². The smallest absolute Gasteiger partial charge is 0.320 e. The standard InChI is InChI=1S/C22H30F2N2O4/c1-25-16-18(13-14-19(27)22(23,24)17-10-6-5-7-11-17)26(21(25)29)15-9-4-3-8-12-20(28)30-2/h5-7,10-11,13-14,18-19,27H,3-4,8-9,12,15-16H2,1-2H3/b14-13+/t18-,19?/m0/s1. The van der Waals surface area contributed by atoms with Gasteiger partial charge in [-0.3, -0.25) is 4.79 Å². The molecular formula is C22H30F2N2O4. The zero-order chi connectivity index (χ0) is 22.1. The van der Waals surface area contributed by atoms with Gasteiger partial charge in [-0.25, -0.2) is 4.79 Å². The predicted molar refractivity (Wildman–Crippen MR) is 109 cm³/mol. The first-order valence-corrected chi connectivity index (χ1v) is 10.2. The molecule has 1 unspecified atom stereocenters. The summed E-state index contributed by atoms with van der Waals surface area (Å²) in [7, 11) is 3.02. The molecule has 8 heteroatoms. The molecule has 1 fully saturated rings. The first-order valence-electron chi connectivity index (χ1n) is 10.2. The summed E-state index contributed by atoms with van der Waals surface area (Å²) in [6.07, 6.45) is 4.11. The number of alkyl halides is 2. The molecule has 1 aromatic rings. The lowest BCUT2D eigenvalue weighted by Gasteiger charge is -2.23. The topological polar surface area (TPSA) is 70.1 Å². The SMILES string of the molecule is COC(=O)CCCCCCN1C(=O)N(C)C[C@@H]1/C=C/C(O)C(F)(F)c1ccccc1. The average molecular weight is 424 g/mol. The molecule has 0 saturated carbocycles. The Labute approximate surface area is 176 Å². The van der Waals surface area contributed by atoms with Gasteiger partial charge in [0.05, 0.1) is 13.2 Å². The van der Waals surface area contributed by atoms with E-state index in [2.05, 4.69) is 4.74 Å². The monoisotopic (exact) mass is 424 g/mol. The molecule has 1 heterocycles. The van der Waals surface area contributed by atoms with E-state index in [9.17, 15) is 23.5 Å². The van der Waals surface area contributed by atoms with Crippen molar-refractivity contribution >= 4 is 12.0 Å². The molecule has 166 valence electrons. The van der Waals surface area contributed by atoms with Crippen LogP contribution in [0.25, 0.3) is 0 Å². The molecule has 0 aromatic heterocycles. The molecule has 1 aliphatic heterocycles. The second-order valence-corrected chi connectivity index (χ2v) is 7.48. The van der Waals surface area contributed by atoms with Crippen molar-refractivity contribution in [2.45, 2.75) is 50.2 Å². The summed E-state index contributed by atoms with van der Waals surface area (Å²) in [4.78, 5) is 26.6. The van der Waals surface area contributed by atoms with Crippen molar-refractivity contribution in [1.82, 2.24) is 9.80 Å². The Morgan fingerprint density at radius 2 is 1.93 bits per heavy atom. The van der Waals surface area contributed by atoms with Crippen molar-refractivity contribution in [3.63, 3.8) is 0 Å². The van der Waals surface area contributed by atoms with E-state index < -0.39 is 12.0 Å². The number of likely N-dealkylation sites (N-methyl/N-ethyl adjacent to an activating group) is 1. The normalized spacial score (nSPS) is 18.3. The van der Waals surface area contributed by atoms with Gasteiger partial charge in [-0.15, -0.1) is 0 Å². The van der Waals surface area contributed by atoms with Crippen LogP contribution < -0.4 is 0 Å². The summed E-state index contributed by atoms with van der Waals surface area (Å²) in [5.74, 6) is -3.65. The number of methoxy groups -OCH3 is 1. The van der Waals surface area contributed by atoms with Gasteiger partial charge in [0.15, 0.2) is 0 Å². The van der Waals surface area contributed by atoms with E-state index in [1.54, 1.807) is 18.0 Å². The molecule has 0 aliphatic carbocycles. The van der Waals surface area contributed by atoms with Gasteiger partial charge in [-0.2, -0.15) is 8.78 Å². The number of aliphatic hydroxyl groups excluding tert-OH is 1. The number of urea groups is 1. The lowest BCUT2D eigenvalue weighted by molar-refractivity contribution is -0.140. The zero-order valence-corrected chi connectivity index (χ0v) is 17.5. The van der Waals surface area contributed by atoms with Crippen molar-refractivity contribution in [1.29, 1.82) is 0 Å². The predicted octanol–water partition coefficient (Wildman–Crippen LogP) is 3.56. The number of ether oxygens (including phenoxy) is 1. The quantitative estimate of drug-likeness (QED) is 0.335. The summed E-state index contributed by atoms with van der Waals surface area (Å²) >= 11 is 0. The van der Waals surface area contributed by atoms with E-state index in [1.165, 1.54) is 42.4 Å². The number of carbonyl (C=O) groups excluding carboxylic acids is 2. The summed E-state index contributed by atoms with van der Waals surface area (Å²) in [5, 5.41) is 10.1. The number of aliphatic hydroxyl groups is 1. The molecule has 2 rings (SSSR count). The minimum absolute atomic E-state index is 0.163. The maximum absolute atomic E-state index is 14.5. The largest absolute Gasteiger partial charge is 0.469 e. The minimum atomic E-state index is -3.42. The number of esters is 1. The minimum Gasteiger partial charge on any atom is -0.469 e. The Hall–Kier alpha value is -2.48. The number of hydrogen-bond donors (Lipinski definition) is 1. The number of nitrogens with zero attached hydrogens (tertiary/aromatic N) is 2. The molecule has 6 nitrogen and oxygen atoms in total. The van der Waals surface area contributed by atoms with Crippen LogP contribution in [0.15, 0.2) is 42.5 Å². The number of hydrogen-bond acceptors (Lipinski definition) is 4. The molecule has 0 spiro atoms. The summed E-state index contributed by atoms with van der Waals surface area (Å²) in [6.45, 7) is 0.864. The Bertz CT molecular complexity index is 727. The molecule has 2 amide bonds. The molecule has 0 radical (unpaired) electrons. The van der Waals surface area contributed by atoms with Crippen LogP contribution in [0.1, 0.15) is 37.7 Å². The first kappa shape index (κ1) is 23.8. The third-order valence-corrected chi connectivity index (χ3v) is 5.24. The molecule has 1 saturated heterocycles. The zero-order valence-electron chi connectivity index (χ0n) is 17.5. The van der Waals surface area contributed by atoms with Gasteiger partial charge in [0, 0.05) is 32.1 Å². The van der Waals surface area contributed by atoms with Gasteiger partial charge >= 0.3 is 17.9 Å². The second kappa shape index (κ2) is 11.1. The molecule has 1 aliphatic rings. The highest BCUT2D eigenvalue weighted by molar-refractivity contribution is 5.77. The van der Waals surface area contributed by atoms with Crippen molar-refractivity contribution < 1.29 is 28.2 Å². The highest BCUT2D eigenvalue weighted by Gasteiger charge is 2.39. The Morgan fingerprint density at radius 3 is 2.60 bits per heavy atom. The second-order valence-electron chi connectivity index (χ2n) is 7.48. The van der Waals surface area contributed by atoms with Gasteiger partial charge in [-0.1, -0.05) is 55.3 Å². The lowest BCUT2D eigenvalue weighted by atomic mass is 10.0. The molecule has 0 bridgehead atoms. The third-order valence-electron chi connectivity index (χ3n) is 5.24. The number of halogens is 2. The number of benzene rings is 1. The number of amides is 2. The van der Waals surface area contributed by atoms with Crippen LogP contribution in [0, 0.1) is 0 Å². The maximum atomic E-state index is 14.5. The highest BCUT2D eigenvalue weighted by atomic mass is 19.3. The van der Waals surface area contributed by atoms with Gasteiger partial charge in [0.1, 0.15) is 6.10 Å². The van der Waals surface area contributed by atoms with Crippen LogP contribution in [-0.4, -0.2) is 66.3 Å². The molecular weight excluding hydrogens is 394 g/mol. The molecule has 1 N–H and O–H groups in total. The number of carbonyl (C=O) groups is 2. The number of unbranched alkanes of at least 4 members (excludes halogenated alkanes) is 3. The summed E-state index contributed by atoms with van der Waals surface area (Å²) < 4.78 is 33.5. The molecule has 1 aromatic carbocycles. The Morgan fingerprint density at radius 1 is 1.27 bits per heavy atom. The van der Waals surface area contributed by atoms with Crippen LogP contribution in [0.3, 0.4) is 0 Å². The van der Waals surface area contributed by atoms with E-state index in [1.807, 2.05) is 0 Å². The van der Waals surface area contributed by atoms with E-state index >= 15 is 0 Å². The molecule has 30 heavy (non-hydrogen) atoms. The van der Waals surface area contributed by atoms with Crippen molar-refractivity contribution in [3.8, 4) is 0 Å². The first-order chi connectivity index (χ1) is 14.3. The fraction of sp³-hybridized carbons (Fsp3) is 0.545. The van der Waals surface area contributed by atoms with Crippen LogP contribution in [0.2, 0.25) is 0 Å². The van der Waals surface area contributed by atoms with E-state index in [0.29, 0.717) is 19.5 Å². The Kier molecular flexibility index (Phi) is 8.77. The van der Waals surface area contributed by atoms with Crippen LogP contribution in [-0.2, 0) is 15.5 Å². The van der Waals surface area contributed by atoms with Gasteiger partial charge in [0.2, 0.25) is 0 Å². The Balaban J connectivity index is 1.89. The van der Waals surface area contributed by atoms with Gasteiger partial charge < -0.3 is 19.6 Å². The van der Waals surface area contributed by atoms with E-state index in [-0.39, 0.29) is 23.6 Å². The van der Waals surface area contributed by atoms with E-state index in [0.717, 1.165) is 31.8 Å². The van der Waals surface area contributed by atoms with Crippen LogP contribution >= 0.6 is 0 Å². The fourth-order valence-electron chi connectivity index (χ4n) is 3.44. The van der Waals surface area contributed by atoms with Crippen molar-refractivity contribution in [3.05, 3.63) is 48.0 Å². The van der Waals surface area contributed by atoms with Crippen molar-refractivity contribution in [2.75, 3.05) is 27.2 Å². The number of rotatable bonds is 11. The average Bonchev–Trinajstić information content (AvgIpc) is 3.02. The molecule has 2 atom stereocenters. The van der Waals surface area contributed by atoms with Gasteiger partial charge in [0.25, 0.3) is 0 Å². The highest BCUT2D eigenvalue weighted by Crippen LogP contribution is 2.32. The van der Waals surface area contributed by atoms with E-state index in [4.69, 9.17) is 0 Å². The third kappa shape index (κ3) is 6.26. The summed E-state index contributed by atoms with van der Waals surface area (Å²) in [5.41, 5.74) is -0.259. The lowest BCUT2D eigenvalue weighted by Crippen LogP contribution is -2.35. The summed E-state index contributed by atoms with van der Waals surface area (Å²) in [6, 6.07) is 6.64. The van der Waals surface area contributed by atoms with Gasteiger partial charge in [-0.05, 0) is 12.8 Å². The van der Waals surface area contributed by atoms with Crippen LogP contribution in [0.5, 0.6) is 0 Å². The maximum Gasteiger partial charge on any atom is 0.320 e. The van der Waals surface area contributed by atoms with Crippen LogP contribution in [0.4, 0.5) is 13.6 Å².